The molecule has 4 rings (SSSR count). The van der Waals surface area contributed by atoms with Crippen molar-refractivity contribution < 1.29 is 9.21 Å². The summed E-state index contributed by atoms with van der Waals surface area (Å²) in [6.07, 6.45) is 0. The molecule has 3 heterocycles. The minimum Gasteiger partial charge on any atom is -0.444 e. The van der Waals surface area contributed by atoms with Crippen LogP contribution in [0.5, 0.6) is 0 Å². The summed E-state index contributed by atoms with van der Waals surface area (Å²) >= 11 is 3.24. The van der Waals surface area contributed by atoms with E-state index in [4.69, 9.17) is 9.40 Å². The van der Waals surface area contributed by atoms with Crippen LogP contribution in [-0.2, 0) is 6.54 Å². The van der Waals surface area contributed by atoms with Gasteiger partial charge in [-0.3, -0.25) is 4.79 Å². The van der Waals surface area contributed by atoms with Crippen LogP contribution in [0.2, 0.25) is 0 Å². The van der Waals surface area contributed by atoms with Crippen molar-refractivity contribution in [3.05, 3.63) is 46.8 Å². The molecule has 1 aliphatic rings. The Kier molecular flexibility index (Phi) is 4.25. The SMILES string of the molecule is CCn1c(N2CCN(C(=O)c3ccc(Br)o3)CC2)nc2ccccc21. The third-order valence-corrected chi connectivity index (χ3v) is 5.01. The zero-order chi connectivity index (χ0) is 17.4. The number of halogens is 1. The van der Waals surface area contributed by atoms with Gasteiger partial charge in [-0.15, -0.1) is 0 Å². The van der Waals surface area contributed by atoms with E-state index in [-0.39, 0.29) is 5.91 Å². The summed E-state index contributed by atoms with van der Waals surface area (Å²) < 4.78 is 8.19. The van der Waals surface area contributed by atoms with E-state index >= 15 is 0 Å². The highest BCUT2D eigenvalue weighted by atomic mass is 79.9. The number of aryl methyl sites for hydroxylation is 1. The van der Waals surface area contributed by atoms with E-state index in [0.29, 0.717) is 23.5 Å². The number of furan rings is 1. The Balaban J connectivity index is 1.51. The molecule has 0 aliphatic carbocycles. The number of carbonyl (C=O) groups is 1. The van der Waals surface area contributed by atoms with Gasteiger partial charge >= 0.3 is 0 Å². The Labute approximate surface area is 154 Å². The zero-order valence-electron chi connectivity index (χ0n) is 14.0. The van der Waals surface area contributed by atoms with Gasteiger partial charge in [0.25, 0.3) is 5.91 Å². The summed E-state index contributed by atoms with van der Waals surface area (Å²) in [4.78, 5) is 21.4. The zero-order valence-corrected chi connectivity index (χ0v) is 15.6. The molecule has 1 saturated heterocycles. The van der Waals surface area contributed by atoms with Gasteiger partial charge in [-0.05, 0) is 47.1 Å². The molecule has 7 heteroatoms. The fraction of sp³-hybridized carbons (Fsp3) is 0.333. The van der Waals surface area contributed by atoms with Crippen LogP contribution in [0.15, 0.2) is 45.5 Å². The Hall–Kier alpha value is -2.28. The molecule has 2 aromatic heterocycles. The Morgan fingerprint density at radius 2 is 1.92 bits per heavy atom. The number of para-hydroxylation sites is 2. The van der Waals surface area contributed by atoms with Crippen molar-refractivity contribution in [2.75, 3.05) is 31.1 Å². The van der Waals surface area contributed by atoms with Crippen LogP contribution >= 0.6 is 15.9 Å². The van der Waals surface area contributed by atoms with Crippen molar-refractivity contribution in [3.63, 3.8) is 0 Å². The second-order valence-electron chi connectivity index (χ2n) is 6.03. The van der Waals surface area contributed by atoms with Crippen molar-refractivity contribution in [3.8, 4) is 0 Å². The number of amides is 1. The highest BCUT2D eigenvalue weighted by molar-refractivity contribution is 9.10. The van der Waals surface area contributed by atoms with Crippen LogP contribution in [0.25, 0.3) is 11.0 Å². The number of hydrogen-bond donors (Lipinski definition) is 0. The maximum absolute atomic E-state index is 12.5. The number of carbonyl (C=O) groups excluding carboxylic acids is 1. The molecule has 6 nitrogen and oxygen atoms in total. The van der Waals surface area contributed by atoms with Crippen molar-refractivity contribution in [1.29, 1.82) is 0 Å². The van der Waals surface area contributed by atoms with Gasteiger partial charge in [0.2, 0.25) is 5.95 Å². The molecule has 0 unspecified atom stereocenters. The van der Waals surface area contributed by atoms with Crippen molar-refractivity contribution in [2.24, 2.45) is 0 Å². The summed E-state index contributed by atoms with van der Waals surface area (Å²) in [5.41, 5.74) is 2.16. The minimum absolute atomic E-state index is 0.0608. The average molecular weight is 403 g/mol. The lowest BCUT2D eigenvalue weighted by atomic mass is 10.3. The maximum Gasteiger partial charge on any atom is 0.289 e. The lowest BCUT2D eigenvalue weighted by Crippen LogP contribution is -2.49. The maximum atomic E-state index is 12.5. The summed E-state index contributed by atoms with van der Waals surface area (Å²) in [7, 11) is 0. The van der Waals surface area contributed by atoms with Crippen LogP contribution in [0.1, 0.15) is 17.5 Å². The predicted octanol–water partition coefficient (Wildman–Crippen LogP) is 3.37. The molecule has 0 spiro atoms. The Morgan fingerprint density at radius 3 is 2.60 bits per heavy atom. The smallest absolute Gasteiger partial charge is 0.289 e. The van der Waals surface area contributed by atoms with Gasteiger partial charge in [-0.2, -0.15) is 0 Å². The number of nitrogens with zero attached hydrogens (tertiary/aromatic N) is 4. The van der Waals surface area contributed by atoms with E-state index < -0.39 is 0 Å². The third-order valence-electron chi connectivity index (χ3n) is 4.58. The van der Waals surface area contributed by atoms with Crippen LogP contribution in [-0.4, -0.2) is 46.5 Å². The number of piperazine rings is 1. The van der Waals surface area contributed by atoms with Crippen molar-refractivity contribution in [2.45, 2.75) is 13.5 Å². The van der Waals surface area contributed by atoms with Gasteiger partial charge in [-0.25, -0.2) is 4.98 Å². The first-order valence-corrected chi connectivity index (χ1v) is 9.21. The Morgan fingerprint density at radius 1 is 1.16 bits per heavy atom. The first-order chi connectivity index (χ1) is 12.2. The molecule has 1 amide bonds. The van der Waals surface area contributed by atoms with E-state index in [9.17, 15) is 4.79 Å². The number of fused-ring (bicyclic) bond motifs is 1. The van der Waals surface area contributed by atoms with Crippen LogP contribution in [0.4, 0.5) is 5.95 Å². The molecule has 1 aromatic carbocycles. The minimum atomic E-state index is -0.0608. The summed E-state index contributed by atoms with van der Waals surface area (Å²) in [6, 6.07) is 11.6. The summed E-state index contributed by atoms with van der Waals surface area (Å²) in [6.45, 7) is 5.84. The fourth-order valence-electron chi connectivity index (χ4n) is 3.31. The molecule has 0 N–H and O–H groups in total. The normalized spacial score (nSPS) is 15.1. The molecule has 130 valence electrons. The largest absolute Gasteiger partial charge is 0.444 e. The molecule has 25 heavy (non-hydrogen) atoms. The van der Waals surface area contributed by atoms with E-state index in [1.165, 1.54) is 0 Å². The van der Waals surface area contributed by atoms with Gasteiger partial charge in [0.05, 0.1) is 11.0 Å². The molecular formula is C18H19BrN4O2. The lowest BCUT2D eigenvalue weighted by molar-refractivity contribution is 0.0712. The van der Waals surface area contributed by atoms with E-state index in [1.54, 1.807) is 12.1 Å². The third kappa shape index (κ3) is 2.93. The lowest BCUT2D eigenvalue weighted by Gasteiger charge is -2.35. The first-order valence-electron chi connectivity index (χ1n) is 8.42. The fourth-order valence-corrected chi connectivity index (χ4v) is 3.62. The molecule has 1 fully saturated rings. The summed E-state index contributed by atoms with van der Waals surface area (Å²) in [5, 5.41) is 0. The topological polar surface area (TPSA) is 54.5 Å². The molecule has 0 bridgehead atoms. The number of rotatable bonds is 3. The Bertz CT molecular complexity index is 909. The molecule has 0 radical (unpaired) electrons. The highest BCUT2D eigenvalue weighted by Crippen LogP contribution is 2.24. The van der Waals surface area contributed by atoms with Gasteiger partial charge in [0.15, 0.2) is 10.4 Å². The first kappa shape index (κ1) is 16.2. The standard InChI is InChI=1S/C18H19BrN4O2/c1-2-23-14-6-4-3-5-13(14)20-18(23)22-11-9-21(10-12-22)17(24)15-7-8-16(19)25-15/h3-8H,2,9-12H2,1H3. The average Bonchev–Trinajstić information content (AvgIpc) is 3.24. The van der Waals surface area contributed by atoms with Gasteiger partial charge in [0.1, 0.15) is 0 Å². The van der Waals surface area contributed by atoms with Crippen molar-refractivity contribution >= 4 is 38.8 Å². The van der Waals surface area contributed by atoms with Gasteiger partial charge < -0.3 is 18.8 Å². The van der Waals surface area contributed by atoms with E-state index in [1.807, 2.05) is 23.1 Å². The number of imidazole rings is 1. The molecule has 0 saturated carbocycles. The predicted molar refractivity (Wildman–Crippen MR) is 99.9 cm³/mol. The van der Waals surface area contributed by atoms with E-state index in [0.717, 1.165) is 36.6 Å². The van der Waals surface area contributed by atoms with Crippen LogP contribution in [0.3, 0.4) is 0 Å². The molecule has 3 aromatic rings. The van der Waals surface area contributed by atoms with E-state index in [2.05, 4.69) is 38.4 Å². The second kappa shape index (κ2) is 6.55. The number of aromatic nitrogens is 2. The number of anilines is 1. The molecular weight excluding hydrogens is 384 g/mol. The highest BCUT2D eigenvalue weighted by Gasteiger charge is 2.26. The van der Waals surface area contributed by atoms with Crippen LogP contribution in [0, 0.1) is 0 Å². The van der Waals surface area contributed by atoms with Gasteiger partial charge in [-0.1, -0.05) is 12.1 Å². The second-order valence-corrected chi connectivity index (χ2v) is 6.81. The van der Waals surface area contributed by atoms with Gasteiger partial charge in [0, 0.05) is 32.7 Å². The number of benzene rings is 1. The number of hydrogen-bond acceptors (Lipinski definition) is 4. The molecule has 1 aliphatic heterocycles. The van der Waals surface area contributed by atoms with Crippen LogP contribution < -0.4 is 4.90 Å². The monoisotopic (exact) mass is 402 g/mol. The summed E-state index contributed by atoms with van der Waals surface area (Å²) in [5.74, 6) is 1.30. The van der Waals surface area contributed by atoms with Crippen molar-refractivity contribution in [1.82, 2.24) is 14.5 Å². The quantitative estimate of drug-likeness (QED) is 0.673. The molecule has 0 atom stereocenters.